The third-order valence-corrected chi connectivity index (χ3v) is 4.23. The fourth-order valence-electron chi connectivity index (χ4n) is 3.26. The van der Waals surface area contributed by atoms with Gasteiger partial charge >= 0.3 is 0 Å². The Kier molecular flexibility index (Phi) is 6.07. The van der Waals surface area contributed by atoms with E-state index in [0.717, 1.165) is 38.9 Å². The molecular weight excluding hydrogens is 242 g/mol. The van der Waals surface area contributed by atoms with Gasteiger partial charge in [0.05, 0.1) is 19.8 Å². The number of rotatable bonds is 6. The first-order valence-electron chi connectivity index (χ1n) is 7.93. The molecule has 2 aliphatic rings. The molecule has 0 amide bonds. The molecule has 0 aromatic heterocycles. The Balaban J connectivity index is 1.84. The van der Waals surface area contributed by atoms with Gasteiger partial charge in [0.1, 0.15) is 0 Å². The standard InChI is InChI=1S/C15H29NO3/c1-2-3-4-5-7-13-10-15(11-14(12-17)16-13)18-8-6-9-19-15/h13-14,16-17H,2-12H2,1H3/t13-,14-/m1/s1. The highest BCUT2D eigenvalue weighted by Crippen LogP contribution is 2.34. The summed E-state index contributed by atoms with van der Waals surface area (Å²) in [5.74, 6) is -0.424. The van der Waals surface area contributed by atoms with Crippen LogP contribution in [0.2, 0.25) is 0 Å². The van der Waals surface area contributed by atoms with E-state index in [0.29, 0.717) is 6.04 Å². The highest BCUT2D eigenvalue weighted by Gasteiger charge is 2.43. The van der Waals surface area contributed by atoms with E-state index in [2.05, 4.69) is 12.2 Å². The lowest BCUT2D eigenvalue weighted by Crippen LogP contribution is -2.58. The lowest BCUT2D eigenvalue weighted by atomic mass is 9.89. The molecule has 0 aliphatic carbocycles. The van der Waals surface area contributed by atoms with E-state index in [4.69, 9.17) is 9.47 Å². The Hall–Kier alpha value is -0.160. The van der Waals surface area contributed by atoms with Crippen molar-refractivity contribution in [2.75, 3.05) is 19.8 Å². The lowest BCUT2D eigenvalue weighted by Gasteiger charge is -2.46. The number of hydrogen-bond donors (Lipinski definition) is 2. The van der Waals surface area contributed by atoms with Crippen LogP contribution in [0.3, 0.4) is 0 Å². The van der Waals surface area contributed by atoms with Gasteiger partial charge in [0.25, 0.3) is 0 Å². The molecule has 19 heavy (non-hydrogen) atoms. The predicted molar refractivity (Wildman–Crippen MR) is 75.0 cm³/mol. The monoisotopic (exact) mass is 271 g/mol. The average molecular weight is 271 g/mol. The van der Waals surface area contributed by atoms with E-state index < -0.39 is 5.79 Å². The largest absolute Gasteiger partial charge is 0.395 e. The summed E-state index contributed by atoms with van der Waals surface area (Å²) in [7, 11) is 0. The Morgan fingerprint density at radius 2 is 1.84 bits per heavy atom. The Morgan fingerprint density at radius 1 is 1.11 bits per heavy atom. The second-order valence-corrected chi connectivity index (χ2v) is 5.96. The molecular formula is C15H29NO3. The molecule has 4 heteroatoms. The molecule has 2 atom stereocenters. The summed E-state index contributed by atoms with van der Waals surface area (Å²) in [5.41, 5.74) is 0. The van der Waals surface area contributed by atoms with Crippen molar-refractivity contribution in [1.29, 1.82) is 0 Å². The van der Waals surface area contributed by atoms with Crippen LogP contribution >= 0.6 is 0 Å². The number of hydrogen-bond acceptors (Lipinski definition) is 4. The van der Waals surface area contributed by atoms with Crippen LogP contribution in [0.15, 0.2) is 0 Å². The second-order valence-electron chi connectivity index (χ2n) is 5.96. The number of piperidine rings is 1. The minimum Gasteiger partial charge on any atom is -0.395 e. The van der Waals surface area contributed by atoms with Gasteiger partial charge in [-0.1, -0.05) is 32.6 Å². The second kappa shape index (κ2) is 7.58. The fraction of sp³-hybridized carbons (Fsp3) is 1.00. The van der Waals surface area contributed by atoms with Crippen molar-refractivity contribution >= 4 is 0 Å². The van der Waals surface area contributed by atoms with Crippen LogP contribution in [-0.4, -0.2) is 42.8 Å². The van der Waals surface area contributed by atoms with Gasteiger partial charge in [-0.15, -0.1) is 0 Å². The van der Waals surface area contributed by atoms with Crippen LogP contribution in [0, 0.1) is 0 Å². The van der Waals surface area contributed by atoms with Crippen molar-refractivity contribution in [3.8, 4) is 0 Å². The highest BCUT2D eigenvalue weighted by atomic mass is 16.7. The first-order valence-corrected chi connectivity index (χ1v) is 7.93. The number of nitrogens with one attached hydrogen (secondary N) is 1. The van der Waals surface area contributed by atoms with Crippen molar-refractivity contribution in [1.82, 2.24) is 5.32 Å². The SMILES string of the molecule is CCCCCC[C@@H]1CC2(C[C@H](CO)N1)OCCCO2. The van der Waals surface area contributed by atoms with Crippen LogP contribution < -0.4 is 5.32 Å². The molecule has 2 rings (SSSR count). The summed E-state index contributed by atoms with van der Waals surface area (Å²) in [5, 5.41) is 13.0. The first kappa shape index (κ1) is 15.2. The lowest BCUT2D eigenvalue weighted by molar-refractivity contribution is -0.287. The molecule has 0 unspecified atom stereocenters. The molecule has 0 radical (unpaired) electrons. The summed E-state index contributed by atoms with van der Waals surface area (Å²) in [6, 6.07) is 0.531. The molecule has 112 valence electrons. The predicted octanol–water partition coefficient (Wildman–Crippen LogP) is 2.20. The summed E-state index contributed by atoms with van der Waals surface area (Å²) in [4.78, 5) is 0. The van der Waals surface area contributed by atoms with E-state index >= 15 is 0 Å². The van der Waals surface area contributed by atoms with Crippen LogP contribution in [-0.2, 0) is 9.47 Å². The zero-order chi connectivity index (χ0) is 13.6. The van der Waals surface area contributed by atoms with Gasteiger partial charge in [0, 0.05) is 24.9 Å². The highest BCUT2D eigenvalue weighted by molar-refractivity contribution is 4.92. The van der Waals surface area contributed by atoms with Crippen molar-refractivity contribution < 1.29 is 14.6 Å². The number of unbranched alkanes of at least 4 members (excludes halogenated alkanes) is 3. The van der Waals surface area contributed by atoms with E-state index in [9.17, 15) is 5.11 Å². The van der Waals surface area contributed by atoms with Gasteiger partial charge in [0.2, 0.25) is 0 Å². The van der Waals surface area contributed by atoms with E-state index in [1.807, 2.05) is 0 Å². The van der Waals surface area contributed by atoms with E-state index in [1.165, 1.54) is 25.7 Å². The van der Waals surface area contributed by atoms with E-state index in [-0.39, 0.29) is 12.6 Å². The maximum Gasteiger partial charge on any atom is 0.171 e. The van der Waals surface area contributed by atoms with Crippen molar-refractivity contribution in [2.24, 2.45) is 0 Å². The molecule has 0 saturated carbocycles. The van der Waals surface area contributed by atoms with Crippen molar-refractivity contribution in [3.63, 3.8) is 0 Å². The van der Waals surface area contributed by atoms with Crippen molar-refractivity contribution in [3.05, 3.63) is 0 Å². The molecule has 0 aromatic rings. The maximum absolute atomic E-state index is 9.46. The Labute approximate surface area is 116 Å². The smallest absolute Gasteiger partial charge is 0.171 e. The van der Waals surface area contributed by atoms with Crippen LogP contribution in [0.4, 0.5) is 0 Å². The summed E-state index contributed by atoms with van der Waals surface area (Å²) >= 11 is 0. The first-order chi connectivity index (χ1) is 9.28. The van der Waals surface area contributed by atoms with Gasteiger partial charge in [-0.3, -0.25) is 0 Å². The molecule has 0 aromatic carbocycles. The molecule has 0 bridgehead atoms. The Morgan fingerprint density at radius 3 is 2.53 bits per heavy atom. The minimum absolute atomic E-state index is 0.114. The zero-order valence-electron chi connectivity index (χ0n) is 12.2. The molecule has 2 heterocycles. The third kappa shape index (κ3) is 4.42. The van der Waals surface area contributed by atoms with Crippen LogP contribution in [0.1, 0.15) is 58.3 Å². The zero-order valence-corrected chi connectivity index (χ0v) is 12.2. The van der Waals surface area contributed by atoms with Crippen LogP contribution in [0.25, 0.3) is 0 Å². The average Bonchev–Trinajstić information content (AvgIpc) is 2.44. The normalized spacial score (nSPS) is 30.6. The summed E-state index contributed by atoms with van der Waals surface area (Å²) in [6.45, 7) is 3.99. The molecule has 2 N–H and O–H groups in total. The quantitative estimate of drug-likeness (QED) is 0.727. The van der Waals surface area contributed by atoms with Gasteiger partial charge < -0.3 is 19.9 Å². The molecule has 1 spiro atoms. The van der Waals surface area contributed by atoms with Gasteiger partial charge in [-0.25, -0.2) is 0 Å². The maximum atomic E-state index is 9.46. The number of aliphatic hydroxyl groups is 1. The summed E-state index contributed by atoms with van der Waals surface area (Å²) < 4.78 is 11.8. The minimum atomic E-state index is -0.424. The molecule has 2 fully saturated rings. The summed E-state index contributed by atoms with van der Waals surface area (Å²) in [6.07, 6.45) is 8.98. The molecule has 2 saturated heterocycles. The fourth-order valence-corrected chi connectivity index (χ4v) is 3.26. The van der Waals surface area contributed by atoms with Gasteiger partial charge in [-0.2, -0.15) is 0 Å². The van der Waals surface area contributed by atoms with Crippen LogP contribution in [0.5, 0.6) is 0 Å². The number of aliphatic hydroxyl groups excluding tert-OH is 1. The topological polar surface area (TPSA) is 50.7 Å². The van der Waals surface area contributed by atoms with Gasteiger partial charge in [-0.05, 0) is 12.8 Å². The van der Waals surface area contributed by atoms with Gasteiger partial charge in [0.15, 0.2) is 5.79 Å². The third-order valence-electron chi connectivity index (χ3n) is 4.23. The van der Waals surface area contributed by atoms with E-state index in [1.54, 1.807) is 0 Å². The van der Waals surface area contributed by atoms with Crippen molar-refractivity contribution in [2.45, 2.75) is 76.2 Å². The molecule has 2 aliphatic heterocycles. The molecule has 4 nitrogen and oxygen atoms in total. The Bertz CT molecular complexity index is 254. The number of ether oxygens (including phenoxy) is 2.